The number of nitrogens with one attached hydrogen (secondary N) is 1. The van der Waals surface area contributed by atoms with E-state index < -0.39 is 0 Å². The molecule has 1 N–H and O–H groups in total. The predicted octanol–water partition coefficient (Wildman–Crippen LogP) is 0.988. The van der Waals surface area contributed by atoms with Crippen molar-refractivity contribution >= 4 is 0 Å². The second kappa shape index (κ2) is 4.94. The molecule has 0 fully saturated rings. The lowest BCUT2D eigenvalue weighted by Gasteiger charge is -2.16. The first-order chi connectivity index (χ1) is 8.88. The molecule has 0 saturated heterocycles. The van der Waals surface area contributed by atoms with Crippen molar-refractivity contribution < 1.29 is 0 Å². The van der Waals surface area contributed by atoms with Crippen molar-refractivity contribution in [2.45, 2.75) is 39.4 Å². The van der Waals surface area contributed by atoms with Crippen molar-refractivity contribution in [3.63, 3.8) is 0 Å². The van der Waals surface area contributed by atoms with Gasteiger partial charge in [-0.3, -0.25) is 0 Å². The molecule has 3 heterocycles. The van der Waals surface area contributed by atoms with E-state index in [0.717, 1.165) is 39.0 Å². The molecule has 0 saturated carbocycles. The first-order valence-electron chi connectivity index (χ1n) is 6.62. The molecule has 5 nitrogen and oxygen atoms in total. The third kappa shape index (κ3) is 2.06. The summed E-state index contributed by atoms with van der Waals surface area (Å²) >= 11 is 0. The van der Waals surface area contributed by atoms with E-state index in [0.29, 0.717) is 0 Å². The minimum Gasteiger partial charge on any atom is -0.336 e. The van der Waals surface area contributed by atoms with Gasteiger partial charge in [0.2, 0.25) is 0 Å². The summed E-state index contributed by atoms with van der Waals surface area (Å²) in [6, 6.07) is 0. The van der Waals surface area contributed by atoms with E-state index in [9.17, 15) is 0 Å². The van der Waals surface area contributed by atoms with Crippen LogP contribution < -0.4 is 5.32 Å². The molecule has 2 aromatic rings. The van der Waals surface area contributed by atoms with Crippen LogP contribution in [0.4, 0.5) is 0 Å². The third-order valence-corrected chi connectivity index (χ3v) is 3.52. The average molecular weight is 245 g/mol. The zero-order valence-corrected chi connectivity index (χ0v) is 10.8. The highest BCUT2D eigenvalue weighted by molar-refractivity contribution is 5.20. The molecule has 1 aliphatic heterocycles. The van der Waals surface area contributed by atoms with Gasteiger partial charge in [-0.15, -0.1) is 0 Å². The highest BCUT2D eigenvalue weighted by atomic mass is 15.1. The summed E-state index contributed by atoms with van der Waals surface area (Å²) in [6.45, 7) is 6.10. The Hall–Kier alpha value is -1.62. The summed E-state index contributed by atoms with van der Waals surface area (Å²) in [5.41, 5.74) is 2.66. The third-order valence-electron chi connectivity index (χ3n) is 3.52. The van der Waals surface area contributed by atoms with Crippen LogP contribution in [-0.4, -0.2) is 25.6 Å². The smallest absolute Gasteiger partial charge is 0.109 e. The van der Waals surface area contributed by atoms with Crippen molar-refractivity contribution in [1.29, 1.82) is 0 Å². The molecule has 0 aromatic carbocycles. The molecule has 0 radical (unpaired) electrons. The second-order valence-corrected chi connectivity index (χ2v) is 4.65. The Morgan fingerprint density at radius 2 is 2.33 bits per heavy atom. The van der Waals surface area contributed by atoms with Gasteiger partial charge in [0, 0.05) is 57.1 Å². The van der Waals surface area contributed by atoms with Gasteiger partial charge in [0.25, 0.3) is 0 Å². The van der Waals surface area contributed by atoms with Crippen molar-refractivity contribution in [1.82, 2.24) is 24.4 Å². The van der Waals surface area contributed by atoms with Gasteiger partial charge < -0.3 is 14.5 Å². The van der Waals surface area contributed by atoms with E-state index in [1.807, 2.05) is 18.7 Å². The van der Waals surface area contributed by atoms with E-state index in [4.69, 9.17) is 4.98 Å². The summed E-state index contributed by atoms with van der Waals surface area (Å²) in [6.07, 6.45) is 7.80. The molecule has 0 spiro atoms. The van der Waals surface area contributed by atoms with Crippen molar-refractivity contribution in [3.8, 4) is 0 Å². The molecule has 18 heavy (non-hydrogen) atoms. The van der Waals surface area contributed by atoms with Crippen molar-refractivity contribution in [2.24, 2.45) is 0 Å². The van der Waals surface area contributed by atoms with Crippen LogP contribution in [0.15, 0.2) is 18.7 Å². The van der Waals surface area contributed by atoms with Crippen LogP contribution in [0.25, 0.3) is 0 Å². The molecular weight excluding hydrogens is 226 g/mol. The molecule has 96 valence electrons. The largest absolute Gasteiger partial charge is 0.336 e. The number of hydrogen-bond donors (Lipinski definition) is 1. The molecular formula is C13H19N5. The van der Waals surface area contributed by atoms with Crippen LogP contribution in [0, 0.1) is 0 Å². The van der Waals surface area contributed by atoms with Crippen LogP contribution in [0.5, 0.6) is 0 Å². The minimum absolute atomic E-state index is 0.917. The topological polar surface area (TPSA) is 47.7 Å². The lowest BCUT2D eigenvalue weighted by Crippen LogP contribution is -2.25. The quantitative estimate of drug-likeness (QED) is 0.873. The highest BCUT2D eigenvalue weighted by Gasteiger charge is 2.18. The van der Waals surface area contributed by atoms with Crippen LogP contribution in [0.3, 0.4) is 0 Å². The van der Waals surface area contributed by atoms with Gasteiger partial charge in [-0.1, -0.05) is 6.92 Å². The fraction of sp³-hybridized carbons (Fsp3) is 0.538. The van der Waals surface area contributed by atoms with Crippen molar-refractivity contribution in [2.75, 3.05) is 6.54 Å². The van der Waals surface area contributed by atoms with Gasteiger partial charge in [0.05, 0.1) is 12.0 Å². The first-order valence-corrected chi connectivity index (χ1v) is 6.62. The number of imidazole rings is 2. The van der Waals surface area contributed by atoms with E-state index in [1.54, 1.807) is 0 Å². The molecule has 0 amide bonds. The number of aryl methyl sites for hydroxylation is 2. The Morgan fingerprint density at radius 3 is 3.11 bits per heavy atom. The van der Waals surface area contributed by atoms with Gasteiger partial charge in [-0.2, -0.15) is 0 Å². The monoisotopic (exact) mass is 245 g/mol. The molecule has 5 heteroatoms. The van der Waals surface area contributed by atoms with E-state index in [2.05, 4.69) is 26.4 Å². The fourth-order valence-electron chi connectivity index (χ4n) is 2.60. The van der Waals surface area contributed by atoms with Crippen LogP contribution >= 0.6 is 0 Å². The second-order valence-electron chi connectivity index (χ2n) is 4.65. The molecule has 0 aliphatic carbocycles. The summed E-state index contributed by atoms with van der Waals surface area (Å²) < 4.78 is 4.52. The maximum Gasteiger partial charge on any atom is 0.109 e. The van der Waals surface area contributed by atoms with Gasteiger partial charge in [-0.25, -0.2) is 9.97 Å². The highest BCUT2D eigenvalue weighted by Crippen LogP contribution is 2.16. The normalized spacial score (nSPS) is 14.7. The fourth-order valence-corrected chi connectivity index (χ4v) is 2.60. The molecule has 1 aliphatic rings. The Morgan fingerprint density at radius 1 is 1.39 bits per heavy atom. The number of nitrogens with zero attached hydrogens (tertiary/aromatic N) is 4. The van der Waals surface area contributed by atoms with Gasteiger partial charge in [0.15, 0.2) is 0 Å². The maximum atomic E-state index is 4.74. The Bertz CT molecular complexity index is 512. The number of fused-ring (bicyclic) bond motifs is 1. The number of hydrogen-bond acceptors (Lipinski definition) is 3. The molecule has 0 atom stereocenters. The lowest BCUT2D eigenvalue weighted by atomic mass is 10.2. The molecule has 2 aromatic heterocycles. The predicted molar refractivity (Wildman–Crippen MR) is 69.2 cm³/mol. The van der Waals surface area contributed by atoms with E-state index >= 15 is 0 Å². The lowest BCUT2D eigenvalue weighted by molar-refractivity contribution is 0.529. The first kappa shape index (κ1) is 11.5. The zero-order chi connectivity index (χ0) is 12.4. The Kier molecular flexibility index (Phi) is 3.15. The summed E-state index contributed by atoms with van der Waals surface area (Å²) in [4.78, 5) is 8.82. The van der Waals surface area contributed by atoms with Crippen LogP contribution in [-0.2, 0) is 32.5 Å². The standard InChI is InChI=1S/C13H19N5/c1-2-13-16-11-9-14-4-3-12(11)18(13)8-7-17-6-5-15-10-17/h5-6,10,14H,2-4,7-9H2,1H3. The van der Waals surface area contributed by atoms with Gasteiger partial charge in [0.1, 0.15) is 5.82 Å². The van der Waals surface area contributed by atoms with Gasteiger partial charge in [-0.05, 0) is 0 Å². The van der Waals surface area contributed by atoms with Gasteiger partial charge >= 0.3 is 0 Å². The summed E-state index contributed by atoms with van der Waals surface area (Å²) in [5.74, 6) is 1.21. The van der Waals surface area contributed by atoms with E-state index in [1.165, 1.54) is 17.2 Å². The maximum absolute atomic E-state index is 4.74. The summed E-state index contributed by atoms with van der Waals surface area (Å²) in [5, 5.41) is 3.38. The Labute approximate surface area is 107 Å². The van der Waals surface area contributed by atoms with Crippen LogP contribution in [0.2, 0.25) is 0 Å². The van der Waals surface area contributed by atoms with Crippen molar-refractivity contribution in [3.05, 3.63) is 35.9 Å². The SMILES string of the molecule is CCc1nc2c(n1CCn1ccnc1)CCNC2. The number of rotatable bonds is 4. The van der Waals surface area contributed by atoms with Crippen LogP contribution in [0.1, 0.15) is 24.1 Å². The number of aromatic nitrogens is 4. The molecule has 0 unspecified atom stereocenters. The molecule has 0 bridgehead atoms. The van der Waals surface area contributed by atoms with E-state index in [-0.39, 0.29) is 0 Å². The zero-order valence-electron chi connectivity index (χ0n) is 10.8. The minimum atomic E-state index is 0.917. The molecule has 3 rings (SSSR count). The average Bonchev–Trinajstić information content (AvgIpc) is 3.03. The Balaban J connectivity index is 1.83. The summed E-state index contributed by atoms with van der Waals surface area (Å²) in [7, 11) is 0.